The molecular formula is C37H37N3O2. The van der Waals surface area contributed by atoms with Gasteiger partial charge in [-0.2, -0.15) is 0 Å². The van der Waals surface area contributed by atoms with Crippen molar-refractivity contribution in [2.75, 3.05) is 36.4 Å². The number of anilines is 2. The first kappa shape index (κ1) is 26.7. The van der Waals surface area contributed by atoms with Crippen molar-refractivity contribution in [3.8, 4) is 11.1 Å². The maximum absolute atomic E-state index is 13.9. The molecule has 1 unspecified atom stereocenters. The molecule has 7 rings (SSSR count). The molecule has 0 bridgehead atoms. The molecule has 5 nitrogen and oxygen atoms in total. The van der Waals surface area contributed by atoms with E-state index in [2.05, 4.69) is 28.4 Å². The Hall–Kier alpha value is -4.22. The molecule has 0 radical (unpaired) electrons. The van der Waals surface area contributed by atoms with Gasteiger partial charge in [-0.25, -0.2) is 0 Å². The average Bonchev–Trinajstić information content (AvgIpc) is 3.79. The molecule has 1 atom stereocenters. The summed E-state index contributed by atoms with van der Waals surface area (Å²) >= 11 is 0. The summed E-state index contributed by atoms with van der Waals surface area (Å²) in [6.45, 7) is 4.28. The zero-order valence-corrected chi connectivity index (χ0v) is 24.0. The molecule has 2 heterocycles. The molecular weight excluding hydrogens is 518 g/mol. The zero-order chi connectivity index (χ0) is 28.5. The van der Waals surface area contributed by atoms with Gasteiger partial charge < -0.3 is 15.1 Å². The standard InChI is InChI=1S/C37H37N3O2/c41-35(33-12-6-5-11-32(33)28-8-2-1-3-9-28)38-31-18-16-29(17-19-31)36(42)40-23-21-37(24-30-10-4-7-13-34(30)40)20-22-39(26-37)25-27-14-15-27/h1-13,16-19,27H,14-15,20-26H2,(H,38,41). The van der Waals surface area contributed by atoms with Crippen molar-refractivity contribution in [3.63, 3.8) is 0 Å². The Balaban J connectivity index is 1.07. The van der Waals surface area contributed by atoms with E-state index in [1.165, 1.54) is 37.9 Å². The number of benzene rings is 4. The minimum atomic E-state index is -0.174. The lowest BCUT2D eigenvalue weighted by Gasteiger charge is -2.28. The van der Waals surface area contributed by atoms with Crippen molar-refractivity contribution in [2.24, 2.45) is 11.3 Å². The van der Waals surface area contributed by atoms with Crippen LogP contribution in [0.3, 0.4) is 0 Å². The van der Waals surface area contributed by atoms with E-state index in [9.17, 15) is 9.59 Å². The summed E-state index contributed by atoms with van der Waals surface area (Å²) in [6.07, 6.45) is 6.03. The van der Waals surface area contributed by atoms with E-state index in [0.29, 0.717) is 16.8 Å². The molecule has 212 valence electrons. The normalized spacial score (nSPS) is 20.2. The molecule has 3 aliphatic rings. The van der Waals surface area contributed by atoms with Crippen LogP contribution < -0.4 is 10.2 Å². The number of rotatable bonds is 6. The Labute approximate surface area is 248 Å². The van der Waals surface area contributed by atoms with Crippen LogP contribution in [0.25, 0.3) is 11.1 Å². The van der Waals surface area contributed by atoms with Crippen LogP contribution in [-0.2, 0) is 6.42 Å². The number of hydrogen-bond donors (Lipinski definition) is 1. The number of para-hydroxylation sites is 1. The summed E-state index contributed by atoms with van der Waals surface area (Å²) < 4.78 is 0. The average molecular weight is 556 g/mol. The van der Waals surface area contributed by atoms with Crippen LogP contribution in [0, 0.1) is 11.3 Å². The van der Waals surface area contributed by atoms with Crippen LogP contribution in [0.2, 0.25) is 0 Å². The summed E-state index contributed by atoms with van der Waals surface area (Å²) in [5, 5.41) is 3.03. The van der Waals surface area contributed by atoms with Crippen LogP contribution in [0.4, 0.5) is 11.4 Å². The first-order valence-corrected chi connectivity index (χ1v) is 15.2. The molecule has 1 N–H and O–H groups in total. The molecule has 4 aromatic carbocycles. The number of amides is 2. The van der Waals surface area contributed by atoms with Gasteiger partial charge in [-0.15, -0.1) is 0 Å². The van der Waals surface area contributed by atoms with E-state index in [4.69, 9.17) is 0 Å². The van der Waals surface area contributed by atoms with Crippen LogP contribution in [0.5, 0.6) is 0 Å². The second-order valence-corrected chi connectivity index (χ2v) is 12.4. The van der Waals surface area contributed by atoms with Crippen molar-refractivity contribution in [2.45, 2.75) is 32.1 Å². The Kier molecular flexibility index (Phi) is 7.12. The highest BCUT2D eigenvalue weighted by Crippen LogP contribution is 2.44. The van der Waals surface area contributed by atoms with Gasteiger partial charge in [0.15, 0.2) is 0 Å². The SMILES string of the molecule is O=C(Nc1ccc(C(=O)N2CCC3(CCN(CC4CC4)C3)Cc3ccccc32)cc1)c1ccccc1-c1ccccc1. The maximum atomic E-state index is 13.9. The van der Waals surface area contributed by atoms with Gasteiger partial charge in [-0.1, -0.05) is 66.7 Å². The molecule has 2 fully saturated rings. The van der Waals surface area contributed by atoms with Crippen molar-refractivity contribution in [1.82, 2.24) is 4.90 Å². The van der Waals surface area contributed by atoms with Gasteiger partial charge >= 0.3 is 0 Å². The first-order valence-electron chi connectivity index (χ1n) is 15.2. The van der Waals surface area contributed by atoms with Crippen molar-refractivity contribution in [3.05, 3.63) is 120 Å². The lowest BCUT2D eigenvalue weighted by Crippen LogP contribution is -2.35. The molecule has 2 amide bonds. The number of carbonyl (C=O) groups is 2. The molecule has 0 aromatic heterocycles. The Morgan fingerprint density at radius 3 is 2.31 bits per heavy atom. The van der Waals surface area contributed by atoms with Crippen LogP contribution in [-0.4, -0.2) is 42.9 Å². The minimum Gasteiger partial charge on any atom is -0.322 e. The number of nitrogens with zero attached hydrogens (tertiary/aromatic N) is 2. The smallest absolute Gasteiger partial charge is 0.258 e. The summed E-state index contributed by atoms with van der Waals surface area (Å²) in [7, 11) is 0. The van der Waals surface area contributed by atoms with Crippen LogP contribution >= 0.6 is 0 Å². The lowest BCUT2D eigenvalue weighted by atomic mass is 9.78. The summed E-state index contributed by atoms with van der Waals surface area (Å²) in [6, 6.07) is 33.3. The summed E-state index contributed by atoms with van der Waals surface area (Å²) in [5.74, 6) is 0.745. The van der Waals surface area contributed by atoms with E-state index in [1.54, 1.807) is 0 Å². The topological polar surface area (TPSA) is 52.7 Å². The van der Waals surface area contributed by atoms with E-state index in [0.717, 1.165) is 48.7 Å². The maximum Gasteiger partial charge on any atom is 0.258 e. The van der Waals surface area contributed by atoms with Crippen LogP contribution in [0.1, 0.15) is 52.0 Å². The van der Waals surface area contributed by atoms with Crippen molar-refractivity contribution in [1.29, 1.82) is 0 Å². The van der Waals surface area contributed by atoms with E-state index < -0.39 is 0 Å². The summed E-state index contributed by atoms with van der Waals surface area (Å²) in [4.78, 5) is 31.8. The third-order valence-electron chi connectivity index (χ3n) is 9.34. The Bertz CT molecular complexity index is 1600. The lowest BCUT2D eigenvalue weighted by molar-refractivity contribution is 0.0983. The number of likely N-dealkylation sites (tertiary alicyclic amines) is 1. The highest BCUT2D eigenvalue weighted by atomic mass is 16.2. The van der Waals surface area contributed by atoms with Crippen molar-refractivity contribution < 1.29 is 9.59 Å². The fraction of sp³-hybridized carbons (Fsp3) is 0.297. The highest BCUT2D eigenvalue weighted by molar-refractivity contribution is 6.09. The Morgan fingerprint density at radius 1 is 0.786 bits per heavy atom. The molecule has 42 heavy (non-hydrogen) atoms. The van der Waals surface area contributed by atoms with Gasteiger partial charge in [-0.05, 0) is 103 Å². The Morgan fingerprint density at radius 2 is 1.50 bits per heavy atom. The van der Waals surface area contributed by atoms with Gasteiger partial charge in [-0.3, -0.25) is 9.59 Å². The van der Waals surface area contributed by atoms with Gasteiger partial charge in [0.2, 0.25) is 0 Å². The van der Waals surface area contributed by atoms with E-state index in [-0.39, 0.29) is 17.2 Å². The highest BCUT2D eigenvalue weighted by Gasteiger charge is 2.42. The van der Waals surface area contributed by atoms with Gasteiger partial charge in [0.25, 0.3) is 11.8 Å². The third-order valence-corrected chi connectivity index (χ3v) is 9.34. The van der Waals surface area contributed by atoms with Crippen LogP contribution in [0.15, 0.2) is 103 Å². The molecule has 5 heteroatoms. The fourth-order valence-electron chi connectivity index (χ4n) is 6.89. The number of hydrogen-bond acceptors (Lipinski definition) is 3. The second kappa shape index (κ2) is 11.2. The number of nitrogens with one attached hydrogen (secondary N) is 1. The zero-order valence-electron chi connectivity index (χ0n) is 24.0. The van der Waals surface area contributed by atoms with Gasteiger partial charge in [0, 0.05) is 42.1 Å². The molecule has 1 aliphatic carbocycles. The predicted molar refractivity (Wildman–Crippen MR) is 169 cm³/mol. The third kappa shape index (κ3) is 5.49. The molecule has 1 saturated heterocycles. The first-order chi connectivity index (χ1) is 20.6. The molecule has 4 aromatic rings. The number of carbonyl (C=O) groups excluding carboxylic acids is 2. The monoisotopic (exact) mass is 555 g/mol. The summed E-state index contributed by atoms with van der Waals surface area (Å²) in [5.41, 5.74) is 6.34. The predicted octanol–water partition coefficient (Wildman–Crippen LogP) is 7.30. The van der Waals surface area contributed by atoms with E-state index in [1.807, 2.05) is 89.8 Å². The largest absolute Gasteiger partial charge is 0.322 e. The van der Waals surface area contributed by atoms with Gasteiger partial charge in [0.1, 0.15) is 0 Å². The molecule has 1 spiro atoms. The van der Waals surface area contributed by atoms with Gasteiger partial charge in [0.05, 0.1) is 0 Å². The quantitative estimate of drug-likeness (QED) is 0.272. The van der Waals surface area contributed by atoms with Crippen molar-refractivity contribution >= 4 is 23.2 Å². The van der Waals surface area contributed by atoms with E-state index >= 15 is 0 Å². The minimum absolute atomic E-state index is 0.0135. The molecule has 1 saturated carbocycles. The molecule has 2 aliphatic heterocycles. The fourth-order valence-corrected chi connectivity index (χ4v) is 6.89. The number of fused-ring (bicyclic) bond motifs is 1. The second-order valence-electron chi connectivity index (χ2n) is 12.4.